The lowest BCUT2D eigenvalue weighted by Crippen LogP contribution is -2.06. The zero-order chi connectivity index (χ0) is 11.2. The molecule has 2 rings (SSSR count). The monoisotopic (exact) mass is 222 g/mol. The molecule has 90 valence electrons. The van der Waals surface area contributed by atoms with Crippen LogP contribution in [0, 0.1) is 0 Å². The number of ether oxygens (including phenoxy) is 1. The highest BCUT2D eigenvalue weighted by Crippen LogP contribution is 2.17. The molecule has 1 saturated heterocycles. The third kappa shape index (κ3) is 3.35. The first-order valence-electron chi connectivity index (χ1n) is 6.35. The Kier molecular flexibility index (Phi) is 4.43. The molecule has 0 bridgehead atoms. The Bertz CT molecular complexity index is 303. The SMILES string of the molecule is NCCc1ccn(CCCC2CCCO2)c1. The molecule has 0 saturated carbocycles. The van der Waals surface area contributed by atoms with Crippen molar-refractivity contribution in [2.75, 3.05) is 13.2 Å². The standard InChI is InChI=1S/C13H22N2O/c14-7-5-12-6-9-15(11-12)8-1-3-13-4-2-10-16-13/h6,9,11,13H,1-5,7-8,10,14H2. The van der Waals surface area contributed by atoms with E-state index in [0.717, 1.165) is 26.1 Å². The van der Waals surface area contributed by atoms with Gasteiger partial charge in [-0.1, -0.05) is 0 Å². The molecule has 1 aliphatic rings. The Hall–Kier alpha value is -0.800. The molecule has 2 heterocycles. The zero-order valence-electron chi connectivity index (χ0n) is 9.90. The van der Waals surface area contributed by atoms with Crippen LogP contribution in [0.4, 0.5) is 0 Å². The second-order valence-corrected chi connectivity index (χ2v) is 4.57. The first-order chi connectivity index (χ1) is 7.88. The second-order valence-electron chi connectivity index (χ2n) is 4.57. The molecule has 1 unspecified atom stereocenters. The van der Waals surface area contributed by atoms with Gasteiger partial charge in [-0.3, -0.25) is 0 Å². The molecular weight excluding hydrogens is 200 g/mol. The van der Waals surface area contributed by atoms with Gasteiger partial charge in [-0.05, 0) is 50.3 Å². The van der Waals surface area contributed by atoms with E-state index in [1.807, 2.05) is 0 Å². The quantitative estimate of drug-likeness (QED) is 0.799. The predicted molar refractivity (Wildman–Crippen MR) is 65.4 cm³/mol. The third-order valence-electron chi connectivity index (χ3n) is 3.21. The van der Waals surface area contributed by atoms with Crippen LogP contribution in [-0.4, -0.2) is 23.8 Å². The highest BCUT2D eigenvalue weighted by Gasteiger charge is 2.14. The number of aromatic nitrogens is 1. The van der Waals surface area contributed by atoms with Gasteiger partial charge in [0.15, 0.2) is 0 Å². The maximum Gasteiger partial charge on any atom is 0.0576 e. The highest BCUT2D eigenvalue weighted by molar-refractivity contribution is 5.10. The van der Waals surface area contributed by atoms with Gasteiger partial charge in [0.2, 0.25) is 0 Å². The van der Waals surface area contributed by atoms with Crippen LogP contribution in [0.5, 0.6) is 0 Å². The largest absolute Gasteiger partial charge is 0.378 e. The van der Waals surface area contributed by atoms with Gasteiger partial charge in [0.05, 0.1) is 6.10 Å². The van der Waals surface area contributed by atoms with Gasteiger partial charge in [-0.2, -0.15) is 0 Å². The molecule has 1 aromatic rings. The Morgan fingerprint density at radius 1 is 1.50 bits per heavy atom. The Labute approximate surface area is 97.6 Å². The summed E-state index contributed by atoms with van der Waals surface area (Å²) in [5.41, 5.74) is 6.87. The Morgan fingerprint density at radius 2 is 2.44 bits per heavy atom. The molecule has 0 aliphatic carbocycles. The fourth-order valence-corrected chi connectivity index (χ4v) is 2.32. The van der Waals surface area contributed by atoms with Crippen molar-refractivity contribution in [3.05, 3.63) is 24.0 Å². The molecule has 0 aromatic carbocycles. The van der Waals surface area contributed by atoms with E-state index in [-0.39, 0.29) is 0 Å². The Morgan fingerprint density at radius 3 is 3.19 bits per heavy atom. The summed E-state index contributed by atoms with van der Waals surface area (Å²) in [6, 6.07) is 2.17. The van der Waals surface area contributed by atoms with Gasteiger partial charge in [-0.15, -0.1) is 0 Å². The average molecular weight is 222 g/mol. The van der Waals surface area contributed by atoms with E-state index in [2.05, 4.69) is 23.0 Å². The summed E-state index contributed by atoms with van der Waals surface area (Å²) in [6.07, 6.45) is 10.8. The minimum Gasteiger partial charge on any atom is -0.378 e. The van der Waals surface area contributed by atoms with Gasteiger partial charge in [0.25, 0.3) is 0 Å². The van der Waals surface area contributed by atoms with Crippen LogP contribution in [0.3, 0.4) is 0 Å². The van der Waals surface area contributed by atoms with E-state index < -0.39 is 0 Å². The van der Waals surface area contributed by atoms with Crippen LogP contribution in [0.15, 0.2) is 18.5 Å². The van der Waals surface area contributed by atoms with Crippen molar-refractivity contribution in [1.82, 2.24) is 4.57 Å². The molecule has 1 fully saturated rings. The molecule has 1 aromatic heterocycles. The lowest BCUT2D eigenvalue weighted by molar-refractivity contribution is 0.101. The summed E-state index contributed by atoms with van der Waals surface area (Å²) in [5, 5.41) is 0. The fourth-order valence-electron chi connectivity index (χ4n) is 2.32. The van der Waals surface area contributed by atoms with E-state index in [1.54, 1.807) is 0 Å². The highest BCUT2D eigenvalue weighted by atomic mass is 16.5. The van der Waals surface area contributed by atoms with Gasteiger partial charge >= 0.3 is 0 Å². The van der Waals surface area contributed by atoms with Gasteiger partial charge < -0.3 is 15.0 Å². The van der Waals surface area contributed by atoms with E-state index in [9.17, 15) is 0 Å². The van der Waals surface area contributed by atoms with Crippen molar-refractivity contribution in [3.8, 4) is 0 Å². The van der Waals surface area contributed by atoms with Crippen molar-refractivity contribution >= 4 is 0 Å². The van der Waals surface area contributed by atoms with E-state index >= 15 is 0 Å². The Balaban J connectivity index is 1.67. The summed E-state index contributed by atoms with van der Waals surface area (Å²) in [6.45, 7) is 2.80. The van der Waals surface area contributed by atoms with Crippen molar-refractivity contribution in [2.24, 2.45) is 5.73 Å². The molecule has 16 heavy (non-hydrogen) atoms. The molecule has 0 radical (unpaired) electrons. The van der Waals surface area contributed by atoms with Gasteiger partial charge in [0.1, 0.15) is 0 Å². The lowest BCUT2D eigenvalue weighted by atomic mass is 10.1. The van der Waals surface area contributed by atoms with Crippen LogP contribution < -0.4 is 5.73 Å². The third-order valence-corrected chi connectivity index (χ3v) is 3.21. The molecule has 0 spiro atoms. The normalized spacial score (nSPS) is 20.4. The van der Waals surface area contributed by atoms with Crippen LogP contribution >= 0.6 is 0 Å². The number of hydrogen-bond donors (Lipinski definition) is 1. The van der Waals surface area contributed by atoms with Crippen molar-refractivity contribution in [2.45, 2.75) is 44.8 Å². The molecule has 3 heteroatoms. The number of aryl methyl sites for hydroxylation is 1. The number of nitrogens with zero attached hydrogens (tertiary/aromatic N) is 1. The lowest BCUT2D eigenvalue weighted by Gasteiger charge is -2.09. The summed E-state index contributed by atoms with van der Waals surface area (Å²) >= 11 is 0. The van der Waals surface area contributed by atoms with Crippen LogP contribution in [0.25, 0.3) is 0 Å². The van der Waals surface area contributed by atoms with E-state index in [1.165, 1.54) is 31.2 Å². The van der Waals surface area contributed by atoms with Crippen LogP contribution in [-0.2, 0) is 17.7 Å². The number of rotatable bonds is 6. The first-order valence-corrected chi connectivity index (χ1v) is 6.35. The number of hydrogen-bond acceptors (Lipinski definition) is 2. The molecule has 1 aliphatic heterocycles. The smallest absolute Gasteiger partial charge is 0.0576 e. The van der Waals surface area contributed by atoms with Crippen LogP contribution in [0.1, 0.15) is 31.2 Å². The summed E-state index contributed by atoms with van der Waals surface area (Å²) in [7, 11) is 0. The molecule has 0 amide bonds. The first kappa shape index (κ1) is 11.7. The number of nitrogens with two attached hydrogens (primary N) is 1. The molecule has 2 N–H and O–H groups in total. The average Bonchev–Trinajstić information content (AvgIpc) is 2.90. The summed E-state index contributed by atoms with van der Waals surface area (Å²) in [4.78, 5) is 0. The van der Waals surface area contributed by atoms with Crippen LogP contribution in [0.2, 0.25) is 0 Å². The second kappa shape index (κ2) is 6.06. The molecular formula is C13H22N2O. The summed E-state index contributed by atoms with van der Waals surface area (Å²) < 4.78 is 7.87. The minimum atomic E-state index is 0.527. The summed E-state index contributed by atoms with van der Waals surface area (Å²) in [5.74, 6) is 0. The maximum absolute atomic E-state index is 5.61. The predicted octanol–water partition coefficient (Wildman–Crippen LogP) is 1.95. The van der Waals surface area contributed by atoms with Crippen molar-refractivity contribution < 1.29 is 4.74 Å². The van der Waals surface area contributed by atoms with Crippen molar-refractivity contribution in [3.63, 3.8) is 0 Å². The van der Waals surface area contributed by atoms with Gasteiger partial charge in [-0.25, -0.2) is 0 Å². The fraction of sp³-hybridized carbons (Fsp3) is 0.692. The molecule has 3 nitrogen and oxygen atoms in total. The van der Waals surface area contributed by atoms with E-state index in [4.69, 9.17) is 10.5 Å². The van der Waals surface area contributed by atoms with Crippen molar-refractivity contribution in [1.29, 1.82) is 0 Å². The molecule has 1 atom stereocenters. The van der Waals surface area contributed by atoms with Gasteiger partial charge in [0, 0.05) is 25.5 Å². The van der Waals surface area contributed by atoms with E-state index in [0.29, 0.717) is 6.10 Å². The maximum atomic E-state index is 5.61. The topological polar surface area (TPSA) is 40.2 Å². The minimum absolute atomic E-state index is 0.527. The zero-order valence-corrected chi connectivity index (χ0v) is 9.90.